The summed E-state index contributed by atoms with van der Waals surface area (Å²) in [6, 6.07) is 7.70. The first-order chi connectivity index (χ1) is 14.2. The van der Waals surface area contributed by atoms with Gasteiger partial charge in [0.1, 0.15) is 16.5 Å². The molecule has 1 unspecified atom stereocenters. The van der Waals surface area contributed by atoms with E-state index >= 15 is 0 Å². The molecule has 30 heavy (non-hydrogen) atoms. The van der Waals surface area contributed by atoms with Crippen molar-refractivity contribution in [1.82, 2.24) is 4.98 Å². The van der Waals surface area contributed by atoms with Crippen molar-refractivity contribution in [2.24, 2.45) is 0 Å². The molecular formula is C21H21ClN2O5S. The van der Waals surface area contributed by atoms with E-state index in [0.29, 0.717) is 28.0 Å². The van der Waals surface area contributed by atoms with Crippen LogP contribution in [0.25, 0.3) is 11.0 Å². The lowest BCUT2D eigenvalue weighted by Gasteiger charge is -2.19. The first kappa shape index (κ1) is 22.1. The Hall–Kier alpha value is -2.55. The number of methoxy groups -OCH3 is 1. The van der Waals surface area contributed by atoms with Gasteiger partial charge in [-0.05, 0) is 44.5 Å². The number of carbonyl (C=O) groups is 1. The van der Waals surface area contributed by atoms with Gasteiger partial charge in [-0.15, -0.1) is 0 Å². The molecule has 2 atom stereocenters. The van der Waals surface area contributed by atoms with Gasteiger partial charge < -0.3 is 19.0 Å². The van der Waals surface area contributed by atoms with Gasteiger partial charge in [0.15, 0.2) is 11.1 Å². The van der Waals surface area contributed by atoms with Gasteiger partial charge >= 0.3 is 11.1 Å². The van der Waals surface area contributed by atoms with E-state index in [2.05, 4.69) is 10.3 Å². The third-order valence-corrected chi connectivity index (χ3v) is 5.93. The third kappa shape index (κ3) is 4.45. The van der Waals surface area contributed by atoms with Crippen LogP contribution in [-0.2, 0) is 15.9 Å². The highest BCUT2D eigenvalue weighted by Gasteiger charge is 2.22. The van der Waals surface area contributed by atoms with E-state index < -0.39 is 17.1 Å². The van der Waals surface area contributed by atoms with Gasteiger partial charge in [0.05, 0.1) is 30.3 Å². The Bertz CT molecular complexity index is 1160. The van der Waals surface area contributed by atoms with Crippen molar-refractivity contribution in [1.29, 1.82) is 0 Å². The smallest absolute Gasteiger partial charge is 0.358 e. The molecule has 158 valence electrons. The van der Waals surface area contributed by atoms with Gasteiger partial charge in [0.2, 0.25) is 0 Å². The van der Waals surface area contributed by atoms with Crippen LogP contribution in [-0.4, -0.2) is 28.4 Å². The van der Waals surface area contributed by atoms with Crippen molar-refractivity contribution in [3.63, 3.8) is 0 Å². The summed E-state index contributed by atoms with van der Waals surface area (Å²) in [4.78, 5) is 28.8. The molecule has 0 radical (unpaired) electrons. The summed E-state index contributed by atoms with van der Waals surface area (Å²) in [5, 5.41) is 3.91. The first-order valence-electron chi connectivity index (χ1n) is 9.23. The molecule has 0 fully saturated rings. The Morgan fingerprint density at radius 1 is 1.37 bits per heavy atom. The van der Waals surface area contributed by atoms with Crippen molar-refractivity contribution in [3.8, 4) is 0 Å². The zero-order valence-electron chi connectivity index (χ0n) is 16.9. The van der Waals surface area contributed by atoms with Crippen LogP contribution in [0.5, 0.6) is 0 Å². The van der Waals surface area contributed by atoms with Crippen LogP contribution in [0.2, 0.25) is 5.15 Å². The van der Waals surface area contributed by atoms with Crippen LogP contribution in [0, 0.1) is 6.92 Å². The summed E-state index contributed by atoms with van der Waals surface area (Å²) >= 11 is 4.52. The standard InChI is InChI=1S/C21H21ClN2O5S/c1-5-30(27)18-10-16(25)14-9-11(2)8-13(20(14)29-18)12(3)23-15-6-7-17(22)24-19(15)21(26)28-4/h6-10,12,23H,5H2,1-4H3/t12-,30?/m1/s1. The van der Waals surface area contributed by atoms with Crippen molar-refractivity contribution >= 4 is 45.4 Å². The van der Waals surface area contributed by atoms with Gasteiger partial charge in [0, 0.05) is 16.7 Å². The molecule has 3 rings (SSSR count). The lowest BCUT2D eigenvalue weighted by Crippen LogP contribution is -2.15. The van der Waals surface area contributed by atoms with Crippen LogP contribution in [0.15, 0.2) is 44.6 Å². The van der Waals surface area contributed by atoms with E-state index in [9.17, 15) is 14.1 Å². The summed E-state index contributed by atoms with van der Waals surface area (Å²) in [7, 11) is 1.26. The molecule has 9 heteroatoms. The van der Waals surface area contributed by atoms with Gasteiger partial charge in [-0.25, -0.2) is 9.78 Å². The summed E-state index contributed by atoms with van der Waals surface area (Å²) in [5.74, 6) is -0.295. The summed E-state index contributed by atoms with van der Waals surface area (Å²) in [5.41, 5.74) is 2.11. The average Bonchev–Trinajstić information content (AvgIpc) is 2.73. The molecule has 0 bridgehead atoms. The number of halogens is 1. The lowest BCUT2D eigenvalue weighted by atomic mass is 10.0. The van der Waals surface area contributed by atoms with Crippen LogP contribution in [0.3, 0.4) is 0 Å². The number of carbonyl (C=O) groups excluding carboxylic acids is 1. The SMILES string of the molecule is CC[S+]([O-])c1cc(=O)c2cc(C)cc([C@@H](C)Nc3ccc(Cl)nc3C(=O)OC)c2o1. The summed E-state index contributed by atoms with van der Waals surface area (Å²) in [6.07, 6.45) is 0. The molecule has 3 aromatic rings. The van der Waals surface area contributed by atoms with Crippen molar-refractivity contribution < 1.29 is 18.5 Å². The number of hydrogen-bond acceptors (Lipinski definition) is 7. The fraction of sp³-hybridized carbons (Fsp3) is 0.286. The number of hydrogen-bond donors (Lipinski definition) is 1. The van der Waals surface area contributed by atoms with E-state index in [1.807, 2.05) is 19.9 Å². The highest BCUT2D eigenvalue weighted by atomic mass is 35.5. The maximum atomic E-state index is 12.6. The summed E-state index contributed by atoms with van der Waals surface area (Å²) < 4.78 is 22.9. The monoisotopic (exact) mass is 448 g/mol. The minimum atomic E-state index is -1.41. The molecule has 0 aliphatic heterocycles. The second kappa shape index (κ2) is 9.07. The van der Waals surface area contributed by atoms with E-state index in [-0.39, 0.29) is 27.4 Å². The van der Waals surface area contributed by atoms with Gasteiger partial charge in [-0.1, -0.05) is 17.7 Å². The number of aromatic nitrogens is 1. The fourth-order valence-corrected chi connectivity index (χ4v) is 3.95. The first-order valence-corrected chi connectivity index (χ1v) is 10.9. The van der Waals surface area contributed by atoms with Crippen LogP contribution >= 0.6 is 11.6 Å². The Morgan fingerprint density at radius 3 is 2.77 bits per heavy atom. The lowest BCUT2D eigenvalue weighted by molar-refractivity contribution is 0.0595. The molecule has 2 heterocycles. The molecule has 0 amide bonds. The maximum absolute atomic E-state index is 12.6. The fourth-order valence-electron chi connectivity index (χ4n) is 3.10. The Balaban J connectivity index is 2.11. The largest absolute Gasteiger partial charge is 0.609 e. The van der Waals surface area contributed by atoms with Crippen molar-refractivity contribution in [2.45, 2.75) is 31.9 Å². The quantitative estimate of drug-likeness (QED) is 0.341. The number of pyridine rings is 1. The zero-order chi connectivity index (χ0) is 22.0. The summed E-state index contributed by atoms with van der Waals surface area (Å²) in [6.45, 7) is 5.48. The third-order valence-electron chi connectivity index (χ3n) is 4.54. The van der Waals surface area contributed by atoms with Gasteiger partial charge in [-0.3, -0.25) is 4.79 Å². The number of anilines is 1. The number of ether oxygens (including phenoxy) is 1. The average molecular weight is 449 g/mol. The minimum absolute atomic E-state index is 0.0445. The number of esters is 1. The van der Waals surface area contributed by atoms with Crippen LogP contribution in [0.4, 0.5) is 5.69 Å². The van der Waals surface area contributed by atoms with E-state index in [0.717, 1.165) is 5.56 Å². The predicted molar refractivity (Wildman–Crippen MR) is 117 cm³/mol. The van der Waals surface area contributed by atoms with E-state index in [1.165, 1.54) is 13.2 Å². The Morgan fingerprint density at radius 2 is 2.10 bits per heavy atom. The van der Waals surface area contributed by atoms with Crippen LogP contribution < -0.4 is 10.7 Å². The highest BCUT2D eigenvalue weighted by molar-refractivity contribution is 7.91. The maximum Gasteiger partial charge on any atom is 0.358 e. The number of nitrogens with one attached hydrogen (secondary N) is 1. The molecule has 0 spiro atoms. The number of fused-ring (bicyclic) bond motifs is 1. The second-order valence-corrected chi connectivity index (χ2v) is 8.74. The molecular weight excluding hydrogens is 428 g/mol. The topological polar surface area (TPSA) is 104 Å². The molecule has 0 saturated heterocycles. The molecule has 0 aliphatic carbocycles. The molecule has 1 aromatic carbocycles. The Labute approximate surface area is 181 Å². The molecule has 2 aromatic heterocycles. The van der Waals surface area contributed by atoms with Crippen molar-refractivity contribution in [2.75, 3.05) is 18.2 Å². The normalized spacial score (nSPS) is 13.1. The molecule has 0 saturated carbocycles. The van der Waals surface area contributed by atoms with E-state index in [4.69, 9.17) is 20.8 Å². The molecule has 0 aliphatic rings. The number of rotatable bonds is 6. The second-order valence-electron chi connectivity index (χ2n) is 6.68. The Kier molecular flexibility index (Phi) is 6.70. The molecule has 1 N–H and O–H groups in total. The highest BCUT2D eigenvalue weighted by Crippen LogP contribution is 2.30. The minimum Gasteiger partial charge on any atom is -0.609 e. The van der Waals surface area contributed by atoms with Gasteiger partial charge in [-0.2, -0.15) is 0 Å². The van der Waals surface area contributed by atoms with Gasteiger partial charge in [0.25, 0.3) is 0 Å². The molecule has 7 nitrogen and oxygen atoms in total. The van der Waals surface area contributed by atoms with E-state index in [1.54, 1.807) is 25.1 Å². The van der Waals surface area contributed by atoms with Crippen LogP contribution in [0.1, 0.15) is 41.5 Å². The zero-order valence-corrected chi connectivity index (χ0v) is 18.5. The number of nitrogens with zero attached hydrogens (tertiary/aromatic N) is 1. The number of aryl methyl sites for hydroxylation is 1. The number of benzene rings is 1. The van der Waals surface area contributed by atoms with Crippen molar-refractivity contribution in [3.05, 3.63) is 62.5 Å². The predicted octanol–water partition coefficient (Wildman–Crippen LogP) is 4.24.